The summed E-state index contributed by atoms with van der Waals surface area (Å²) in [5, 5.41) is 0. The molecule has 20 heteroatoms. The minimum Gasteiger partial charge on any atom is -0.412 e. The third kappa shape index (κ3) is 344. The van der Waals surface area contributed by atoms with Crippen LogP contribution in [0.25, 0.3) is 0 Å². The molecular weight excluding hydrogens is 922 g/mol. The molecule has 0 aliphatic rings. The van der Waals surface area contributed by atoms with E-state index in [1.165, 1.54) is 0 Å². The minimum absolute atomic E-state index is 0. The van der Waals surface area contributed by atoms with Crippen LogP contribution in [0.3, 0.4) is 0 Å². The Morgan fingerprint density at radius 3 is 0.150 bits per heavy atom. The van der Waals surface area contributed by atoms with Crippen LogP contribution in [0, 0.1) is 121 Å². The summed E-state index contributed by atoms with van der Waals surface area (Å²) in [6.45, 7) is 0. The van der Waals surface area contributed by atoms with Gasteiger partial charge in [-0.1, -0.05) is 0 Å². The fraction of sp³-hybridized carbons (Fsp3) is 0. The van der Waals surface area contributed by atoms with E-state index in [9.17, 15) is 0 Å². The topological polar surface area (TPSA) is 378 Å². The summed E-state index contributed by atoms with van der Waals surface area (Å²) in [4.78, 5) is 0. The average molecular weight is 946 g/mol. The maximum Gasteiger partial charge on any atom is 0 e. The molecular formula is H24Fe5O12Sm3. The second-order valence-electron chi connectivity index (χ2n) is 0. The van der Waals surface area contributed by atoms with Crippen molar-refractivity contribution in [3.05, 3.63) is 0 Å². The molecule has 0 spiro atoms. The fourth-order valence-corrected chi connectivity index (χ4v) is 0. The van der Waals surface area contributed by atoms with Gasteiger partial charge >= 0.3 is 0 Å². The molecule has 0 unspecified atom stereocenters. The van der Waals surface area contributed by atoms with Gasteiger partial charge in [0.15, 0.2) is 0 Å². The molecule has 0 radical (unpaired) electrons. The number of hydrogen-bond acceptors (Lipinski definition) is 0. The van der Waals surface area contributed by atoms with Crippen molar-refractivity contribution in [2.24, 2.45) is 0 Å². The molecule has 154 valence electrons. The van der Waals surface area contributed by atoms with Crippen LogP contribution >= 0.6 is 0 Å². The van der Waals surface area contributed by atoms with Crippen LogP contribution in [-0.4, -0.2) is 65.7 Å². The largest absolute Gasteiger partial charge is 0.412 e. The van der Waals surface area contributed by atoms with Crippen LogP contribution in [-0.2, 0) is 85.3 Å². The molecule has 0 bridgehead atoms. The Morgan fingerprint density at radius 2 is 0.150 bits per heavy atom. The molecule has 0 amide bonds. The second kappa shape index (κ2) is 389. The first-order valence-corrected chi connectivity index (χ1v) is 0. The van der Waals surface area contributed by atoms with E-state index in [0.29, 0.717) is 0 Å². The van der Waals surface area contributed by atoms with E-state index >= 15 is 0 Å². The molecule has 0 saturated carbocycles. The van der Waals surface area contributed by atoms with Crippen LogP contribution in [0.4, 0.5) is 0 Å². The molecule has 12 nitrogen and oxygen atoms in total. The standard InChI is InChI=1S/5Fe.12H2O.3Sm/h;;;;;12*1H2;;;. The van der Waals surface area contributed by atoms with Crippen molar-refractivity contribution in [1.29, 1.82) is 0 Å². The van der Waals surface area contributed by atoms with Gasteiger partial charge in [0.05, 0.1) is 0 Å². The molecule has 0 aliphatic carbocycles. The van der Waals surface area contributed by atoms with Crippen LogP contribution < -0.4 is 0 Å². The van der Waals surface area contributed by atoms with Gasteiger partial charge in [-0.2, -0.15) is 0 Å². The molecule has 20 heavy (non-hydrogen) atoms. The van der Waals surface area contributed by atoms with Gasteiger partial charge in [-0.05, 0) is 0 Å². The Kier molecular flexibility index (Phi) is 8550. The van der Waals surface area contributed by atoms with E-state index in [4.69, 9.17) is 0 Å². The van der Waals surface area contributed by atoms with Crippen molar-refractivity contribution in [3.63, 3.8) is 0 Å². The van der Waals surface area contributed by atoms with Gasteiger partial charge in [0.2, 0.25) is 0 Å². The van der Waals surface area contributed by atoms with E-state index in [2.05, 4.69) is 0 Å². The zero-order valence-electron chi connectivity index (χ0n) is 8.99. The molecule has 0 fully saturated rings. The van der Waals surface area contributed by atoms with Crippen molar-refractivity contribution in [2.75, 3.05) is 0 Å². The molecule has 0 aromatic heterocycles. The molecule has 0 saturated heterocycles. The average Bonchev–Trinajstić information content (AvgIpc) is 0. The minimum atomic E-state index is 0. The molecule has 0 aromatic carbocycles. The number of rotatable bonds is 0. The van der Waals surface area contributed by atoms with Gasteiger partial charge in [-0.25, -0.2) is 0 Å². The zero-order valence-corrected chi connectivity index (χ0v) is 22.4. The zero-order chi connectivity index (χ0) is 0. The van der Waals surface area contributed by atoms with Crippen molar-refractivity contribution in [3.8, 4) is 0 Å². The molecule has 24 N–H and O–H groups in total. The Balaban J connectivity index is 0. The first-order chi connectivity index (χ1) is 0. The third-order valence-corrected chi connectivity index (χ3v) is 0. The monoisotopic (exact) mass is 952 g/mol. The maximum atomic E-state index is 0. The van der Waals surface area contributed by atoms with Crippen LogP contribution in [0.2, 0.25) is 0 Å². The summed E-state index contributed by atoms with van der Waals surface area (Å²) in [5.41, 5.74) is 0. The normalized spacial score (nSPS) is 0. The first-order valence-electron chi connectivity index (χ1n) is 0. The van der Waals surface area contributed by atoms with Crippen molar-refractivity contribution in [1.82, 2.24) is 0 Å². The Bertz CT molecular complexity index is 27.1. The Morgan fingerprint density at radius 1 is 0.150 bits per heavy atom. The van der Waals surface area contributed by atoms with Gasteiger partial charge in [0, 0.05) is 207 Å². The quantitative estimate of drug-likeness (QED) is 0.204. The predicted octanol–water partition coefficient (Wildman–Crippen LogP) is -9.91. The molecule has 0 atom stereocenters. The molecule has 0 aromatic rings. The first kappa shape index (κ1) is 439. The van der Waals surface area contributed by atoms with Gasteiger partial charge < -0.3 is 65.7 Å². The molecule has 0 aliphatic heterocycles. The summed E-state index contributed by atoms with van der Waals surface area (Å²) in [5.74, 6) is 0. The molecule has 0 rings (SSSR count). The second-order valence-corrected chi connectivity index (χ2v) is 0. The summed E-state index contributed by atoms with van der Waals surface area (Å²) in [6, 6.07) is 0. The van der Waals surface area contributed by atoms with Crippen LogP contribution in [0.1, 0.15) is 0 Å². The maximum absolute atomic E-state index is 0. The number of hydrogen-bond donors (Lipinski definition) is 0. The SMILES string of the molecule is O.O.O.O.O.O.O.O.O.O.O.O.[Fe].[Fe].[Fe].[Fe].[Fe].[Sm].[Sm].[Sm]. The smallest absolute Gasteiger partial charge is 0 e. The molecule has 0 heterocycles. The van der Waals surface area contributed by atoms with Gasteiger partial charge in [0.25, 0.3) is 0 Å². The van der Waals surface area contributed by atoms with E-state index in [0.717, 1.165) is 0 Å². The summed E-state index contributed by atoms with van der Waals surface area (Å²) >= 11 is 0. The Hall–Kier alpha value is 6.13. The van der Waals surface area contributed by atoms with Crippen molar-refractivity contribution < 1.29 is 272 Å². The van der Waals surface area contributed by atoms with E-state index in [-0.39, 0.29) is 272 Å². The van der Waals surface area contributed by atoms with Crippen molar-refractivity contribution in [2.45, 2.75) is 0 Å². The summed E-state index contributed by atoms with van der Waals surface area (Å²) < 4.78 is 0. The predicted molar refractivity (Wildman–Crippen MR) is 43.4 cm³/mol. The van der Waals surface area contributed by atoms with Crippen molar-refractivity contribution >= 4 is 0 Å². The van der Waals surface area contributed by atoms with E-state index in [1.54, 1.807) is 0 Å². The third-order valence-electron chi connectivity index (χ3n) is 0. The van der Waals surface area contributed by atoms with Gasteiger partial charge in [-0.15, -0.1) is 0 Å². The van der Waals surface area contributed by atoms with Gasteiger partial charge in [0.1, 0.15) is 0 Å². The Labute approximate surface area is 266 Å². The fourth-order valence-electron chi connectivity index (χ4n) is 0. The van der Waals surface area contributed by atoms with Crippen LogP contribution in [0.15, 0.2) is 0 Å². The summed E-state index contributed by atoms with van der Waals surface area (Å²) in [7, 11) is 0. The summed E-state index contributed by atoms with van der Waals surface area (Å²) in [6.07, 6.45) is 0. The van der Waals surface area contributed by atoms with E-state index in [1.807, 2.05) is 0 Å². The van der Waals surface area contributed by atoms with E-state index < -0.39 is 0 Å². The van der Waals surface area contributed by atoms with Crippen LogP contribution in [0.5, 0.6) is 0 Å². The van der Waals surface area contributed by atoms with Gasteiger partial charge in [-0.3, -0.25) is 0 Å².